The van der Waals surface area contributed by atoms with Crippen molar-refractivity contribution in [3.8, 4) is 0 Å². The molecule has 2 aliphatic rings. The van der Waals surface area contributed by atoms with Gasteiger partial charge in [-0.25, -0.2) is 0 Å². The zero-order chi connectivity index (χ0) is 21.3. The molecule has 0 aromatic heterocycles. The number of fused-ring (bicyclic) bond motifs is 1. The minimum Gasteiger partial charge on any atom is -0.466 e. The Labute approximate surface area is 179 Å². The molecule has 2 N–H and O–H groups in total. The number of esters is 1. The molecule has 3 rings (SSSR count). The number of aliphatic imine (C=N–C) groups is 1. The number of ether oxygens (including phenoxy) is 1. The van der Waals surface area contributed by atoms with Gasteiger partial charge in [-0.05, 0) is 57.1 Å². The van der Waals surface area contributed by atoms with Crippen LogP contribution in [0, 0.1) is 5.92 Å². The summed E-state index contributed by atoms with van der Waals surface area (Å²) in [6.45, 7) is 3.76. The Morgan fingerprint density at radius 1 is 1.20 bits per heavy atom. The van der Waals surface area contributed by atoms with Crippen LogP contribution in [0.2, 0.25) is 0 Å². The Kier molecular flexibility index (Phi) is 8.11. The van der Waals surface area contributed by atoms with Crippen molar-refractivity contribution in [2.45, 2.75) is 57.9 Å². The fraction of sp³-hybridized carbons (Fsp3) is 0.609. The molecule has 1 aromatic rings. The summed E-state index contributed by atoms with van der Waals surface area (Å²) < 4.78 is 5.13. The van der Waals surface area contributed by atoms with Crippen LogP contribution in [-0.2, 0) is 20.7 Å². The molecule has 1 amide bonds. The number of nitrogens with one attached hydrogen (secondary N) is 2. The third-order valence-corrected chi connectivity index (χ3v) is 5.96. The number of guanidine groups is 1. The van der Waals surface area contributed by atoms with E-state index in [0.717, 1.165) is 56.7 Å². The van der Waals surface area contributed by atoms with Gasteiger partial charge in [-0.2, -0.15) is 0 Å². The normalized spacial score (nSPS) is 21.1. The third kappa shape index (κ3) is 5.74. The second kappa shape index (κ2) is 11.0. The van der Waals surface area contributed by atoms with E-state index >= 15 is 0 Å². The van der Waals surface area contributed by atoms with E-state index in [0.29, 0.717) is 25.6 Å². The second-order valence-electron chi connectivity index (χ2n) is 7.97. The Morgan fingerprint density at radius 3 is 2.70 bits per heavy atom. The first-order valence-electron chi connectivity index (χ1n) is 11.1. The largest absolute Gasteiger partial charge is 0.466 e. The van der Waals surface area contributed by atoms with E-state index in [2.05, 4.69) is 21.7 Å². The van der Waals surface area contributed by atoms with Crippen LogP contribution in [0.5, 0.6) is 0 Å². The molecule has 1 heterocycles. The van der Waals surface area contributed by atoms with E-state index in [1.165, 1.54) is 5.56 Å². The summed E-state index contributed by atoms with van der Waals surface area (Å²) in [4.78, 5) is 30.7. The summed E-state index contributed by atoms with van der Waals surface area (Å²) in [7, 11) is 1.76. The standard InChI is InChI=1S/C23H34N4O3/c1-3-30-22(29)18-10-12-19(13-11-18)26-23(24-2)25-15-6-9-21(28)27-16-14-17-7-4-5-8-20(17)27/h4-5,7-8,18-19H,3,6,9-16H2,1-2H3,(H2,24,25,26). The van der Waals surface area contributed by atoms with E-state index < -0.39 is 0 Å². The second-order valence-corrected chi connectivity index (χ2v) is 7.97. The highest BCUT2D eigenvalue weighted by Crippen LogP contribution is 2.28. The minimum absolute atomic E-state index is 0.0275. The zero-order valence-electron chi connectivity index (χ0n) is 18.2. The molecule has 1 aliphatic heterocycles. The number of rotatable bonds is 7. The number of carbonyl (C=O) groups is 2. The molecule has 164 valence electrons. The lowest BCUT2D eigenvalue weighted by Gasteiger charge is -2.29. The van der Waals surface area contributed by atoms with Crippen molar-refractivity contribution in [2.75, 3.05) is 31.6 Å². The Bertz CT molecular complexity index is 757. The van der Waals surface area contributed by atoms with Crippen LogP contribution in [0.4, 0.5) is 5.69 Å². The Hall–Kier alpha value is -2.57. The molecular weight excluding hydrogens is 380 g/mol. The molecule has 7 nitrogen and oxygen atoms in total. The van der Waals surface area contributed by atoms with Gasteiger partial charge in [-0.15, -0.1) is 0 Å². The summed E-state index contributed by atoms with van der Waals surface area (Å²) in [6.07, 6.45) is 5.76. The maximum Gasteiger partial charge on any atom is 0.308 e. The highest BCUT2D eigenvalue weighted by Gasteiger charge is 2.27. The maximum atomic E-state index is 12.6. The topological polar surface area (TPSA) is 83.0 Å². The fourth-order valence-corrected chi connectivity index (χ4v) is 4.30. The number of amides is 1. The molecule has 0 saturated heterocycles. The summed E-state index contributed by atoms with van der Waals surface area (Å²) in [6, 6.07) is 8.45. The van der Waals surface area contributed by atoms with Crippen molar-refractivity contribution in [2.24, 2.45) is 10.9 Å². The van der Waals surface area contributed by atoms with Crippen LogP contribution in [0.25, 0.3) is 0 Å². The van der Waals surface area contributed by atoms with E-state index in [4.69, 9.17) is 4.74 Å². The molecule has 7 heteroatoms. The molecule has 1 saturated carbocycles. The number of nitrogens with zero attached hydrogens (tertiary/aromatic N) is 2. The van der Waals surface area contributed by atoms with Crippen LogP contribution in [0.3, 0.4) is 0 Å². The van der Waals surface area contributed by atoms with Crippen LogP contribution in [0.1, 0.15) is 51.0 Å². The molecule has 1 aromatic carbocycles. The highest BCUT2D eigenvalue weighted by molar-refractivity contribution is 5.95. The van der Waals surface area contributed by atoms with Crippen LogP contribution < -0.4 is 15.5 Å². The van der Waals surface area contributed by atoms with E-state index in [1.807, 2.05) is 30.0 Å². The van der Waals surface area contributed by atoms with E-state index in [-0.39, 0.29) is 17.8 Å². The van der Waals surface area contributed by atoms with Gasteiger partial charge in [0, 0.05) is 38.3 Å². The van der Waals surface area contributed by atoms with Crippen molar-refractivity contribution in [1.82, 2.24) is 10.6 Å². The minimum atomic E-state index is -0.0660. The van der Waals surface area contributed by atoms with E-state index in [9.17, 15) is 9.59 Å². The number of hydrogen-bond acceptors (Lipinski definition) is 4. The maximum absolute atomic E-state index is 12.6. The number of hydrogen-bond donors (Lipinski definition) is 2. The van der Waals surface area contributed by atoms with E-state index in [1.54, 1.807) is 7.05 Å². The zero-order valence-corrected chi connectivity index (χ0v) is 18.2. The lowest BCUT2D eigenvalue weighted by atomic mass is 9.86. The molecule has 1 aliphatic carbocycles. The average molecular weight is 415 g/mol. The first kappa shape index (κ1) is 22.1. The van der Waals surface area contributed by atoms with Gasteiger partial charge >= 0.3 is 5.97 Å². The predicted octanol–water partition coefficient (Wildman–Crippen LogP) is 2.64. The van der Waals surface area contributed by atoms with Crippen molar-refractivity contribution in [3.63, 3.8) is 0 Å². The van der Waals surface area contributed by atoms with Gasteiger partial charge in [0.25, 0.3) is 0 Å². The van der Waals surface area contributed by atoms with Crippen molar-refractivity contribution in [3.05, 3.63) is 29.8 Å². The van der Waals surface area contributed by atoms with Gasteiger partial charge in [-0.3, -0.25) is 14.6 Å². The Balaban J connectivity index is 1.34. The Morgan fingerprint density at radius 2 is 1.97 bits per heavy atom. The first-order chi connectivity index (χ1) is 14.6. The molecule has 0 spiro atoms. The van der Waals surface area contributed by atoms with Gasteiger partial charge in [0.2, 0.25) is 5.91 Å². The summed E-state index contributed by atoms with van der Waals surface area (Å²) >= 11 is 0. The van der Waals surface area contributed by atoms with Crippen LogP contribution in [0.15, 0.2) is 29.3 Å². The molecule has 0 radical (unpaired) electrons. The van der Waals surface area contributed by atoms with Gasteiger partial charge in [0.1, 0.15) is 0 Å². The summed E-state index contributed by atoms with van der Waals surface area (Å²) in [5.41, 5.74) is 2.32. The van der Waals surface area contributed by atoms with Gasteiger partial charge in [0.15, 0.2) is 5.96 Å². The lowest BCUT2D eigenvalue weighted by Crippen LogP contribution is -2.45. The van der Waals surface area contributed by atoms with Crippen LogP contribution in [-0.4, -0.2) is 50.6 Å². The lowest BCUT2D eigenvalue weighted by molar-refractivity contribution is -0.149. The molecule has 0 bridgehead atoms. The smallest absolute Gasteiger partial charge is 0.308 e. The van der Waals surface area contributed by atoms with Gasteiger partial charge < -0.3 is 20.3 Å². The van der Waals surface area contributed by atoms with Gasteiger partial charge in [-0.1, -0.05) is 18.2 Å². The molecule has 30 heavy (non-hydrogen) atoms. The SMILES string of the molecule is CCOC(=O)C1CCC(NC(=NC)NCCCC(=O)N2CCc3ccccc32)CC1. The predicted molar refractivity (Wildman–Crippen MR) is 119 cm³/mol. The monoisotopic (exact) mass is 414 g/mol. The third-order valence-electron chi connectivity index (χ3n) is 5.96. The van der Waals surface area contributed by atoms with Crippen LogP contribution >= 0.6 is 0 Å². The molecule has 0 unspecified atom stereocenters. The first-order valence-corrected chi connectivity index (χ1v) is 11.1. The summed E-state index contributed by atoms with van der Waals surface area (Å²) in [5, 5.41) is 6.76. The van der Waals surface area contributed by atoms with Gasteiger partial charge in [0.05, 0.1) is 12.5 Å². The number of anilines is 1. The van der Waals surface area contributed by atoms with Crippen molar-refractivity contribution in [1.29, 1.82) is 0 Å². The molecular formula is C23H34N4O3. The quantitative estimate of drug-likeness (QED) is 0.310. The van der Waals surface area contributed by atoms with Crippen molar-refractivity contribution >= 4 is 23.5 Å². The highest BCUT2D eigenvalue weighted by atomic mass is 16.5. The number of para-hydroxylation sites is 1. The summed E-state index contributed by atoms with van der Waals surface area (Å²) in [5.74, 6) is 0.902. The fourth-order valence-electron chi connectivity index (χ4n) is 4.30. The van der Waals surface area contributed by atoms with Crippen molar-refractivity contribution < 1.29 is 14.3 Å². The number of benzene rings is 1. The number of carbonyl (C=O) groups excluding carboxylic acids is 2. The molecule has 0 atom stereocenters. The average Bonchev–Trinajstić information content (AvgIpc) is 3.20. The molecule has 1 fully saturated rings.